The summed E-state index contributed by atoms with van der Waals surface area (Å²) < 4.78 is 39.1. The Bertz CT molecular complexity index is 541. The van der Waals surface area contributed by atoms with Crippen molar-refractivity contribution in [2.45, 2.75) is 18.1 Å². The minimum absolute atomic E-state index is 0.0523. The molecule has 102 valence electrons. The molecule has 2 aliphatic rings. The Morgan fingerprint density at radius 2 is 2.05 bits per heavy atom. The van der Waals surface area contributed by atoms with E-state index in [9.17, 15) is 18.0 Å². The van der Waals surface area contributed by atoms with Gasteiger partial charge in [-0.2, -0.15) is 13.2 Å². The predicted molar refractivity (Wildman–Crippen MR) is 62.9 cm³/mol. The predicted octanol–water partition coefficient (Wildman–Crippen LogP) is 1.85. The number of benzene rings is 1. The van der Waals surface area contributed by atoms with Gasteiger partial charge in [-0.3, -0.25) is 4.79 Å². The largest absolute Gasteiger partial charge is 0.417 e. The molecule has 0 unspecified atom stereocenters. The lowest BCUT2D eigenvalue weighted by Crippen LogP contribution is -2.46. The SMILES string of the molecule is CN1C(=O)c2c(cccc2C(F)(F)F)[C@@H]2CNC[C@H]21. The van der Waals surface area contributed by atoms with Crippen molar-refractivity contribution < 1.29 is 18.0 Å². The van der Waals surface area contributed by atoms with Crippen LogP contribution >= 0.6 is 0 Å². The summed E-state index contributed by atoms with van der Waals surface area (Å²) in [5, 5.41) is 3.14. The Balaban J connectivity index is 2.22. The van der Waals surface area contributed by atoms with E-state index in [0.717, 1.165) is 6.07 Å². The third-order valence-electron chi connectivity index (χ3n) is 4.02. The number of halogens is 3. The lowest BCUT2D eigenvalue weighted by Gasteiger charge is -2.36. The van der Waals surface area contributed by atoms with Crippen molar-refractivity contribution in [2.75, 3.05) is 20.1 Å². The third kappa shape index (κ3) is 1.74. The summed E-state index contributed by atoms with van der Waals surface area (Å²) in [6, 6.07) is 3.95. The molecule has 1 fully saturated rings. The van der Waals surface area contributed by atoms with E-state index in [1.54, 1.807) is 13.1 Å². The first kappa shape index (κ1) is 12.5. The maximum absolute atomic E-state index is 13.0. The smallest absolute Gasteiger partial charge is 0.337 e. The molecule has 1 aromatic rings. The fourth-order valence-electron chi connectivity index (χ4n) is 3.07. The number of carbonyl (C=O) groups excluding carboxylic acids is 1. The van der Waals surface area contributed by atoms with Gasteiger partial charge in [-0.05, 0) is 11.6 Å². The number of fused-ring (bicyclic) bond motifs is 3. The molecule has 0 bridgehead atoms. The molecule has 2 heterocycles. The highest BCUT2D eigenvalue weighted by Gasteiger charge is 2.45. The first-order valence-corrected chi connectivity index (χ1v) is 6.09. The number of likely N-dealkylation sites (N-methyl/N-ethyl adjacent to an activating group) is 1. The third-order valence-corrected chi connectivity index (χ3v) is 4.02. The van der Waals surface area contributed by atoms with E-state index in [1.807, 2.05) is 0 Å². The topological polar surface area (TPSA) is 32.3 Å². The fraction of sp³-hybridized carbons (Fsp3) is 0.462. The molecule has 19 heavy (non-hydrogen) atoms. The summed E-state index contributed by atoms with van der Waals surface area (Å²) in [6.45, 7) is 1.24. The van der Waals surface area contributed by atoms with Crippen LogP contribution < -0.4 is 5.32 Å². The van der Waals surface area contributed by atoms with E-state index in [2.05, 4.69) is 5.32 Å². The van der Waals surface area contributed by atoms with Crippen molar-refractivity contribution in [1.29, 1.82) is 0 Å². The molecule has 0 saturated carbocycles. The van der Waals surface area contributed by atoms with Crippen molar-refractivity contribution in [1.82, 2.24) is 10.2 Å². The van der Waals surface area contributed by atoms with Crippen molar-refractivity contribution in [3.8, 4) is 0 Å². The second-order valence-corrected chi connectivity index (χ2v) is 5.02. The summed E-state index contributed by atoms with van der Waals surface area (Å²) in [7, 11) is 1.57. The molecule has 0 spiro atoms. The zero-order chi connectivity index (χ0) is 13.8. The summed E-state index contributed by atoms with van der Waals surface area (Å²) in [4.78, 5) is 13.7. The molecule has 6 heteroatoms. The molecule has 1 N–H and O–H groups in total. The van der Waals surface area contributed by atoms with Crippen LogP contribution in [0.4, 0.5) is 13.2 Å². The zero-order valence-electron chi connectivity index (χ0n) is 10.3. The number of nitrogens with zero attached hydrogens (tertiary/aromatic N) is 1. The van der Waals surface area contributed by atoms with E-state index in [1.165, 1.54) is 11.0 Å². The molecule has 3 rings (SSSR count). The van der Waals surface area contributed by atoms with Gasteiger partial charge in [0.05, 0.1) is 17.2 Å². The number of rotatable bonds is 0. The van der Waals surface area contributed by atoms with Crippen LogP contribution in [-0.4, -0.2) is 37.0 Å². The number of hydrogen-bond donors (Lipinski definition) is 1. The van der Waals surface area contributed by atoms with Crippen LogP contribution in [-0.2, 0) is 6.18 Å². The average molecular weight is 270 g/mol. The second kappa shape index (κ2) is 3.96. The van der Waals surface area contributed by atoms with Crippen LogP contribution in [0.3, 0.4) is 0 Å². The number of carbonyl (C=O) groups is 1. The van der Waals surface area contributed by atoms with E-state index in [-0.39, 0.29) is 17.5 Å². The Hall–Kier alpha value is -1.56. The minimum atomic E-state index is -4.50. The van der Waals surface area contributed by atoms with E-state index < -0.39 is 17.6 Å². The van der Waals surface area contributed by atoms with Gasteiger partial charge in [-0.25, -0.2) is 0 Å². The standard InChI is InChI=1S/C13H13F3N2O/c1-18-10-6-17-5-8(10)7-3-2-4-9(13(14,15)16)11(7)12(18)19/h2-4,8,10,17H,5-6H2,1H3/t8-,10+/m0/s1. The van der Waals surface area contributed by atoms with Crippen LogP contribution in [0, 0.1) is 0 Å². The molecule has 0 aliphatic carbocycles. The highest BCUT2D eigenvalue weighted by Crippen LogP contribution is 2.41. The zero-order valence-corrected chi connectivity index (χ0v) is 10.3. The molecule has 1 saturated heterocycles. The van der Waals surface area contributed by atoms with Crippen LogP contribution in [0.25, 0.3) is 0 Å². The highest BCUT2D eigenvalue weighted by molar-refractivity contribution is 5.99. The lowest BCUT2D eigenvalue weighted by molar-refractivity contribution is -0.138. The molecule has 1 aromatic carbocycles. The molecular weight excluding hydrogens is 257 g/mol. The van der Waals surface area contributed by atoms with Gasteiger partial charge in [0.2, 0.25) is 0 Å². The van der Waals surface area contributed by atoms with Crippen molar-refractivity contribution in [3.63, 3.8) is 0 Å². The van der Waals surface area contributed by atoms with Gasteiger partial charge in [0.15, 0.2) is 0 Å². The molecule has 1 amide bonds. The van der Waals surface area contributed by atoms with Gasteiger partial charge >= 0.3 is 6.18 Å². The summed E-state index contributed by atoms with van der Waals surface area (Å²) >= 11 is 0. The van der Waals surface area contributed by atoms with Crippen molar-refractivity contribution >= 4 is 5.91 Å². The number of nitrogens with one attached hydrogen (secondary N) is 1. The van der Waals surface area contributed by atoms with Gasteiger partial charge in [0.25, 0.3) is 5.91 Å². The maximum Gasteiger partial charge on any atom is 0.417 e. The molecule has 2 aliphatic heterocycles. The van der Waals surface area contributed by atoms with Crippen molar-refractivity contribution in [2.24, 2.45) is 0 Å². The van der Waals surface area contributed by atoms with Gasteiger partial charge in [0.1, 0.15) is 0 Å². The Labute approximate surface area is 108 Å². The monoisotopic (exact) mass is 270 g/mol. The molecule has 3 nitrogen and oxygen atoms in total. The van der Waals surface area contributed by atoms with Gasteiger partial charge in [0, 0.05) is 26.1 Å². The van der Waals surface area contributed by atoms with Gasteiger partial charge in [-0.15, -0.1) is 0 Å². The van der Waals surface area contributed by atoms with E-state index in [0.29, 0.717) is 18.7 Å². The van der Waals surface area contributed by atoms with Gasteiger partial charge in [-0.1, -0.05) is 12.1 Å². The first-order valence-electron chi connectivity index (χ1n) is 6.09. The number of hydrogen-bond acceptors (Lipinski definition) is 2. The minimum Gasteiger partial charge on any atom is -0.337 e. The number of amides is 1. The maximum atomic E-state index is 13.0. The van der Waals surface area contributed by atoms with E-state index in [4.69, 9.17) is 0 Å². The Kier molecular flexibility index (Phi) is 2.60. The van der Waals surface area contributed by atoms with Crippen LogP contribution in [0.15, 0.2) is 18.2 Å². The first-order chi connectivity index (χ1) is 8.91. The fourth-order valence-corrected chi connectivity index (χ4v) is 3.07. The lowest BCUT2D eigenvalue weighted by atomic mass is 9.83. The molecule has 0 radical (unpaired) electrons. The molecular formula is C13H13F3N2O. The second-order valence-electron chi connectivity index (χ2n) is 5.02. The van der Waals surface area contributed by atoms with Gasteiger partial charge < -0.3 is 10.2 Å². The highest BCUT2D eigenvalue weighted by atomic mass is 19.4. The van der Waals surface area contributed by atoms with Crippen LogP contribution in [0.2, 0.25) is 0 Å². The number of alkyl halides is 3. The van der Waals surface area contributed by atoms with Crippen LogP contribution in [0.5, 0.6) is 0 Å². The van der Waals surface area contributed by atoms with Crippen molar-refractivity contribution in [3.05, 3.63) is 34.9 Å². The van der Waals surface area contributed by atoms with E-state index >= 15 is 0 Å². The summed E-state index contributed by atoms with van der Waals surface area (Å²) in [6.07, 6.45) is -4.50. The molecule has 0 aromatic heterocycles. The normalized spacial score (nSPS) is 26.3. The summed E-state index contributed by atoms with van der Waals surface area (Å²) in [5.41, 5.74) is -0.484. The summed E-state index contributed by atoms with van der Waals surface area (Å²) in [5.74, 6) is -0.590. The Morgan fingerprint density at radius 3 is 2.74 bits per heavy atom. The Morgan fingerprint density at radius 1 is 1.32 bits per heavy atom. The average Bonchev–Trinajstić information content (AvgIpc) is 2.83. The van der Waals surface area contributed by atoms with Crippen LogP contribution in [0.1, 0.15) is 27.4 Å². The molecule has 2 atom stereocenters. The quantitative estimate of drug-likeness (QED) is 0.780.